The summed E-state index contributed by atoms with van der Waals surface area (Å²) in [5.74, 6) is 0. The van der Waals surface area contributed by atoms with Crippen molar-refractivity contribution in [3.05, 3.63) is 0 Å². The van der Waals surface area contributed by atoms with Gasteiger partial charge in [0, 0.05) is 0 Å². The maximum atomic E-state index is 0. The number of halogens is 2. The van der Waals surface area contributed by atoms with Crippen molar-refractivity contribution in [2.45, 2.75) is 0 Å². The molecule has 0 unspecified atom stereocenters. The van der Waals surface area contributed by atoms with Crippen molar-refractivity contribution in [2.24, 2.45) is 0 Å². The molecule has 0 aliphatic heterocycles. The summed E-state index contributed by atoms with van der Waals surface area (Å²) in [6.45, 7) is 0. The molecule has 0 aliphatic carbocycles. The molecule has 0 heterocycles. The summed E-state index contributed by atoms with van der Waals surface area (Å²) in [6.07, 6.45) is 0. The van der Waals surface area contributed by atoms with Gasteiger partial charge in [0.05, 0.1) is 0 Å². The summed E-state index contributed by atoms with van der Waals surface area (Å²) in [4.78, 5) is 0. The fourth-order valence-corrected chi connectivity index (χ4v) is 0. The molecule has 0 aromatic rings. The SMILES string of the molecule is [F-].[F-].[OH-].[OH-].[Ti+4]. The molecular formula is H2F2O2Ti. The Morgan fingerprint density at radius 1 is 0.600 bits per heavy atom. The van der Waals surface area contributed by atoms with Crippen LogP contribution < -0.4 is 9.41 Å². The van der Waals surface area contributed by atoms with Gasteiger partial charge in [0.2, 0.25) is 0 Å². The van der Waals surface area contributed by atoms with E-state index in [-0.39, 0.29) is 42.1 Å². The molecule has 5 heavy (non-hydrogen) atoms. The molecule has 0 saturated carbocycles. The molecule has 5 heteroatoms. The van der Waals surface area contributed by atoms with Crippen LogP contribution in [-0.2, 0) is 21.7 Å². The van der Waals surface area contributed by atoms with Crippen molar-refractivity contribution in [2.75, 3.05) is 0 Å². The Hall–Kier alpha value is 0.494. The van der Waals surface area contributed by atoms with E-state index < -0.39 is 0 Å². The van der Waals surface area contributed by atoms with E-state index in [0.717, 1.165) is 0 Å². The van der Waals surface area contributed by atoms with Gasteiger partial charge in [0.15, 0.2) is 0 Å². The third-order valence-corrected chi connectivity index (χ3v) is 0. The van der Waals surface area contributed by atoms with Crippen molar-refractivity contribution in [3.63, 3.8) is 0 Å². The maximum Gasteiger partial charge on any atom is 4.00 e. The minimum absolute atomic E-state index is 0. The minimum Gasteiger partial charge on any atom is -1.00 e. The fourth-order valence-electron chi connectivity index (χ4n) is 0. The number of hydrogen-bond donors (Lipinski definition) is 0. The average molecular weight is 120 g/mol. The third kappa shape index (κ3) is 114. The predicted molar refractivity (Wildman–Crippen MR) is 3.87 cm³/mol. The molecule has 0 saturated heterocycles. The molecule has 0 radical (unpaired) electrons. The molecular weight excluding hydrogens is 118 g/mol. The van der Waals surface area contributed by atoms with Gasteiger partial charge in [-0.05, 0) is 0 Å². The number of rotatable bonds is 0. The standard InChI is InChI=1S/2FH.2H2O.Ti/h2*1H;2*1H2;/q;;;;+4/p-4. The molecule has 0 aliphatic rings. The molecule has 0 rings (SSSR count). The van der Waals surface area contributed by atoms with Gasteiger partial charge >= 0.3 is 21.7 Å². The second-order valence-corrected chi connectivity index (χ2v) is 0. The Bertz CT molecular complexity index is 7.61. The van der Waals surface area contributed by atoms with Gasteiger partial charge in [-0.25, -0.2) is 0 Å². The maximum absolute atomic E-state index is 0. The van der Waals surface area contributed by atoms with Crippen LogP contribution in [0, 0.1) is 0 Å². The van der Waals surface area contributed by atoms with Gasteiger partial charge in [0.1, 0.15) is 0 Å². The van der Waals surface area contributed by atoms with Crippen LogP contribution in [0.4, 0.5) is 0 Å². The third-order valence-electron chi connectivity index (χ3n) is 0. The molecule has 0 fully saturated rings. The van der Waals surface area contributed by atoms with Crippen LogP contribution in [0.5, 0.6) is 0 Å². The van der Waals surface area contributed by atoms with Gasteiger partial charge in [-0.3, -0.25) is 0 Å². The van der Waals surface area contributed by atoms with E-state index in [9.17, 15) is 0 Å². The fraction of sp³-hybridized carbons (Fsp3) is 0. The molecule has 0 aromatic heterocycles. The van der Waals surface area contributed by atoms with Gasteiger partial charge in [-0.15, -0.1) is 0 Å². The number of hydrogen-bond acceptors (Lipinski definition) is 2. The van der Waals surface area contributed by atoms with Crippen LogP contribution in [0.1, 0.15) is 0 Å². The van der Waals surface area contributed by atoms with Crippen molar-refractivity contribution in [3.8, 4) is 0 Å². The Morgan fingerprint density at radius 3 is 0.600 bits per heavy atom. The summed E-state index contributed by atoms with van der Waals surface area (Å²) in [7, 11) is 0. The van der Waals surface area contributed by atoms with Crippen molar-refractivity contribution in [1.82, 2.24) is 0 Å². The average Bonchev–Trinajstić information content (AvgIpc) is 0. The van der Waals surface area contributed by atoms with E-state index in [1.165, 1.54) is 0 Å². The largest absolute Gasteiger partial charge is 4.00 e. The van der Waals surface area contributed by atoms with E-state index in [2.05, 4.69) is 0 Å². The molecule has 0 amide bonds. The summed E-state index contributed by atoms with van der Waals surface area (Å²) in [5.41, 5.74) is 0. The molecule has 2 N–H and O–H groups in total. The zero-order chi connectivity index (χ0) is 0. The predicted octanol–water partition coefficient (Wildman–Crippen LogP) is -6.35. The monoisotopic (exact) mass is 120 g/mol. The normalized spacial score (nSPS) is 0. The van der Waals surface area contributed by atoms with Crippen LogP contribution in [0.15, 0.2) is 0 Å². The minimum atomic E-state index is 0. The van der Waals surface area contributed by atoms with E-state index in [1.54, 1.807) is 0 Å². The van der Waals surface area contributed by atoms with E-state index in [0.29, 0.717) is 0 Å². The molecule has 2 nitrogen and oxygen atoms in total. The summed E-state index contributed by atoms with van der Waals surface area (Å²) in [6, 6.07) is 0. The molecule has 0 bridgehead atoms. The Labute approximate surface area is 42.8 Å². The Morgan fingerprint density at radius 2 is 0.600 bits per heavy atom. The van der Waals surface area contributed by atoms with Crippen molar-refractivity contribution >= 4 is 0 Å². The van der Waals surface area contributed by atoms with Crippen LogP contribution in [-0.4, -0.2) is 11.0 Å². The van der Waals surface area contributed by atoms with Crippen molar-refractivity contribution < 1.29 is 42.1 Å². The Balaban J connectivity index is 0. The summed E-state index contributed by atoms with van der Waals surface area (Å²) >= 11 is 0. The summed E-state index contributed by atoms with van der Waals surface area (Å²) in [5, 5.41) is 0. The molecule has 32 valence electrons. The first-order chi connectivity index (χ1) is 0. The van der Waals surface area contributed by atoms with Crippen LogP contribution in [0.3, 0.4) is 0 Å². The first kappa shape index (κ1) is 454. The van der Waals surface area contributed by atoms with Gasteiger partial charge in [0.25, 0.3) is 0 Å². The van der Waals surface area contributed by atoms with Crippen molar-refractivity contribution in [1.29, 1.82) is 0 Å². The quantitative estimate of drug-likeness (QED) is 0.298. The topological polar surface area (TPSA) is 60.0 Å². The van der Waals surface area contributed by atoms with E-state index in [1.807, 2.05) is 0 Å². The van der Waals surface area contributed by atoms with Gasteiger partial charge in [-0.1, -0.05) is 0 Å². The summed E-state index contributed by atoms with van der Waals surface area (Å²) < 4.78 is 0. The molecule has 0 atom stereocenters. The zero-order valence-electron chi connectivity index (χ0n) is 2.15. The second kappa shape index (κ2) is 225. The molecule has 0 aromatic carbocycles. The zero-order valence-corrected chi connectivity index (χ0v) is 3.71. The first-order valence-corrected chi connectivity index (χ1v) is 0. The first-order valence-electron chi connectivity index (χ1n) is 0. The van der Waals surface area contributed by atoms with Crippen LogP contribution in [0.25, 0.3) is 0 Å². The van der Waals surface area contributed by atoms with Gasteiger partial charge in [-0.2, -0.15) is 0 Å². The van der Waals surface area contributed by atoms with Gasteiger partial charge < -0.3 is 20.4 Å². The van der Waals surface area contributed by atoms with E-state index in [4.69, 9.17) is 0 Å². The van der Waals surface area contributed by atoms with Crippen LogP contribution in [0.2, 0.25) is 0 Å². The smallest absolute Gasteiger partial charge is 1.00 e. The van der Waals surface area contributed by atoms with E-state index >= 15 is 0 Å². The Kier molecular flexibility index (Phi) is 20400. The second-order valence-electron chi connectivity index (χ2n) is 0. The molecule has 0 spiro atoms. The van der Waals surface area contributed by atoms with Crippen LogP contribution >= 0.6 is 0 Å².